The smallest absolute Gasteiger partial charge is 0.326 e. The second-order valence-electron chi connectivity index (χ2n) is 5.22. The van der Waals surface area contributed by atoms with Crippen LogP contribution in [0, 0.1) is 5.92 Å². The minimum atomic E-state index is -0.974. The lowest BCUT2D eigenvalue weighted by Crippen LogP contribution is -2.55. The van der Waals surface area contributed by atoms with Gasteiger partial charge in [0.15, 0.2) is 0 Å². The van der Waals surface area contributed by atoms with Crippen LogP contribution < -0.4 is 5.32 Å². The number of ether oxygens (including phenoxy) is 1. The predicted octanol–water partition coefficient (Wildman–Crippen LogP) is 1.64. The standard InChI is InChI=1S/C12H23NO3/c1-9(2)13-12(3,11(14)15)8-16-7-6-10-4-5-10/h9-10,13H,4-8H2,1-3H3,(H,14,15). The second kappa shape index (κ2) is 5.64. The van der Waals surface area contributed by atoms with Crippen molar-refractivity contribution in [2.24, 2.45) is 5.92 Å². The lowest BCUT2D eigenvalue weighted by atomic mass is 10.0. The molecule has 2 N–H and O–H groups in total. The maximum atomic E-state index is 11.2. The minimum Gasteiger partial charge on any atom is -0.480 e. The van der Waals surface area contributed by atoms with Crippen LogP contribution >= 0.6 is 0 Å². The summed E-state index contributed by atoms with van der Waals surface area (Å²) in [6, 6.07) is 0.133. The van der Waals surface area contributed by atoms with Gasteiger partial charge in [-0.05, 0) is 33.1 Å². The molecule has 16 heavy (non-hydrogen) atoms. The Bertz CT molecular complexity index is 238. The van der Waals surface area contributed by atoms with Gasteiger partial charge in [-0.2, -0.15) is 0 Å². The third-order valence-corrected chi connectivity index (χ3v) is 2.84. The van der Waals surface area contributed by atoms with Gasteiger partial charge in [-0.25, -0.2) is 0 Å². The van der Waals surface area contributed by atoms with E-state index in [0.717, 1.165) is 12.3 Å². The molecule has 0 aliphatic heterocycles. The van der Waals surface area contributed by atoms with Gasteiger partial charge in [-0.15, -0.1) is 0 Å². The molecular weight excluding hydrogens is 206 g/mol. The lowest BCUT2D eigenvalue weighted by Gasteiger charge is -2.28. The summed E-state index contributed by atoms with van der Waals surface area (Å²) in [5.41, 5.74) is -0.974. The van der Waals surface area contributed by atoms with Crippen molar-refractivity contribution in [3.63, 3.8) is 0 Å². The Labute approximate surface area is 97.4 Å². The first-order chi connectivity index (χ1) is 7.44. The van der Waals surface area contributed by atoms with Crippen LogP contribution in [0.25, 0.3) is 0 Å². The fraction of sp³-hybridized carbons (Fsp3) is 0.917. The number of carboxylic acids is 1. The van der Waals surface area contributed by atoms with E-state index in [1.807, 2.05) is 13.8 Å². The maximum absolute atomic E-state index is 11.2. The number of nitrogens with one attached hydrogen (secondary N) is 1. The van der Waals surface area contributed by atoms with Gasteiger partial charge in [0.1, 0.15) is 5.54 Å². The third kappa shape index (κ3) is 4.49. The molecule has 1 saturated carbocycles. The van der Waals surface area contributed by atoms with Gasteiger partial charge in [-0.1, -0.05) is 12.8 Å². The Morgan fingerprint density at radius 2 is 2.19 bits per heavy atom. The van der Waals surface area contributed by atoms with Crippen LogP contribution in [0.2, 0.25) is 0 Å². The average Bonchev–Trinajstić information content (AvgIpc) is 2.94. The van der Waals surface area contributed by atoms with Crippen LogP contribution in [0.1, 0.15) is 40.0 Å². The lowest BCUT2D eigenvalue weighted by molar-refractivity contribution is -0.147. The summed E-state index contributed by atoms with van der Waals surface area (Å²) in [5.74, 6) is -0.0261. The fourth-order valence-corrected chi connectivity index (χ4v) is 1.74. The molecule has 1 atom stereocenters. The Morgan fingerprint density at radius 3 is 2.62 bits per heavy atom. The molecule has 1 rings (SSSR count). The summed E-state index contributed by atoms with van der Waals surface area (Å²) in [6.45, 7) is 6.45. The van der Waals surface area contributed by atoms with Crippen LogP contribution in [0.15, 0.2) is 0 Å². The predicted molar refractivity (Wildman–Crippen MR) is 62.5 cm³/mol. The zero-order valence-corrected chi connectivity index (χ0v) is 10.5. The van der Waals surface area contributed by atoms with E-state index in [2.05, 4.69) is 5.32 Å². The summed E-state index contributed by atoms with van der Waals surface area (Å²) in [4.78, 5) is 11.2. The van der Waals surface area contributed by atoms with Crippen molar-refractivity contribution < 1.29 is 14.6 Å². The highest BCUT2D eigenvalue weighted by atomic mass is 16.5. The molecule has 1 fully saturated rings. The third-order valence-electron chi connectivity index (χ3n) is 2.84. The molecular formula is C12H23NO3. The van der Waals surface area contributed by atoms with Crippen molar-refractivity contribution in [2.75, 3.05) is 13.2 Å². The van der Waals surface area contributed by atoms with E-state index >= 15 is 0 Å². The number of hydrogen-bond acceptors (Lipinski definition) is 3. The highest BCUT2D eigenvalue weighted by Gasteiger charge is 2.34. The second-order valence-corrected chi connectivity index (χ2v) is 5.22. The Balaban J connectivity index is 2.27. The summed E-state index contributed by atoms with van der Waals surface area (Å²) in [6.07, 6.45) is 3.69. The molecule has 1 aliphatic carbocycles. The van der Waals surface area contributed by atoms with Crippen molar-refractivity contribution in [3.8, 4) is 0 Å². The van der Waals surface area contributed by atoms with E-state index in [4.69, 9.17) is 9.84 Å². The van der Waals surface area contributed by atoms with Crippen molar-refractivity contribution in [1.29, 1.82) is 0 Å². The first-order valence-corrected chi connectivity index (χ1v) is 6.03. The average molecular weight is 229 g/mol. The van der Waals surface area contributed by atoms with Gasteiger partial charge in [0.25, 0.3) is 0 Å². The molecule has 0 amide bonds. The van der Waals surface area contributed by atoms with Crippen LogP contribution in [-0.4, -0.2) is 35.9 Å². The summed E-state index contributed by atoms with van der Waals surface area (Å²) >= 11 is 0. The van der Waals surface area contributed by atoms with Gasteiger partial charge in [0, 0.05) is 12.6 Å². The fourth-order valence-electron chi connectivity index (χ4n) is 1.74. The molecule has 1 unspecified atom stereocenters. The molecule has 94 valence electrons. The van der Waals surface area contributed by atoms with E-state index < -0.39 is 11.5 Å². The molecule has 0 saturated heterocycles. The van der Waals surface area contributed by atoms with Crippen LogP contribution in [0.5, 0.6) is 0 Å². The number of carboxylic acid groups (broad SMARTS) is 1. The van der Waals surface area contributed by atoms with Crippen LogP contribution in [0.3, 0.4) is 0 Å². The topological polar surface area (TPSA) is 58.6 Å². The minimum absolute atomic E-state index is 0.133. The number of rotatable bonds is 8. The van der Waals surface area contributed by atoms with Crippen molar-refractivity contribution >= 4 is 5.97 Å². The first-order valence-electron chi connectivity index (χ1n) is 6.03. The Kier molecular flexibility index (Phi) is 4.74. The van der Waals surface area contributed by atoms with Gasteiger partial charge < -0.3 is 9.84 Å². The van der Waals surface area contributed by atoms with Gasteiger partial charge in [0.05, 0.1) is 6.61 Å². The Hall–Kier alpha value is -0.610. The van der Waals surface area contributed by atoms with E-state index in [1.54, 1.807) is 6.92 Å². The molecule has 0 aromatic heterocycles. The molecule has 0 bridgehead atoms. The van der Waals surface area contributed by atoms with Gasteiger partial charge in [-0.3, -0.25) is 10.1 Å². The SMILES string of the molecule is CC(C)NC(C)(COCCC1CC1)C(=O)O. The summed E-state index contributed by atoms with van der Waals surface area (Å²) in [5, 5.41) is 12.2. The van der Waals surface area contributed by atoms with Gasteiger partial charge >= 0.3 is 5.97 Å². The van der Waals surface area contributed by atoms with Gasteiger partial charge in [0.2, 0.25) is 0 Å². The largest absolute Gasteiger partial charge is 0.480 e. The molecule has 0 heterocycles. The van der Waals surface area contributed by atoms with E-state index in [-0.39, 0.29) is 12.6 Å². The first kappa shape index (κ1) is 13.5. The van der Waals surface area contributed by atoms with E-state index in [0.29, 0.717) is 6.61 Å². The summed E-state index contributed by atoms with van der Waals surface area (Å²) < 4.78 is 5.47. The zero-order chi connectivity index (χ0) is 12.2. The monoisotopic (exact) mass is 229 g/mol. The van der Waals surface area contributed by atoms with Crippen molar-refractivity contribution in [1.82, 2.24) is 5.32 Å². The molecule has 0 aromatic rings. The van der Waals surface area contributed by atoms with Crippen LogP contribution in [0.4, 0.5) is 0 Å². The summed E-state index contributed by atoms with van der Waals surface area (Å²) in [7, 11) is 0. The highest BCUT2D eigenvalue weighted by Crippen LogP contribution is 2.32. The zero-order valence-electron chi connectivity index (χ0n) is 10.5. The quantitative estimate of drug-likeness (QED) is 0.621. The highest BCUT2D eigenvalue weighted by molar-refractivity contribution is 5.78. The van der Waals surface area contributed by atoms with Crippen molar-refractivity contribution in [3.05, 3.63) is 0 Å². The molecule has 0 spiro atoms. The number of aliphatic carboxylic acids is 1. The van der Waals surface area contributed by atoms with Crippen molar-refractivity contribution in [2.45, 2.75) is 51.6 Å². The molecule has 0 aromatic carbocycles. The number of hydrogen-bond donors (Lipinski definition) is 2. The maximum Gasteiger partial charge on any atom is 0.326 e. The van der Waals surface area contributed by atoms with E-state index in [1.165, 1.54) is 12.8 Å². The Morgan fingerprint density at radius 1 is 1.56 bits per heavy atom. The number of carbonyl (C=O) groups is 1. The molecule has 1 aliphatic rings. The molecule has 4 nitrogen and oxygen atoms in total. The van der Waals surface area contributed by atoms with Crippen LogP contribution in [-0.2, 0) is 9.53 Å². The van der Waals surface area contributed by atoms with E-state index in [9.17, 15) is 4.79 Å². The normalized spacial score (nSPS) is 19.8. The molecule has 4 heteroatoms. The molecule has 0 radical (unpaired) electrons.